The maximum Gasteiger partial charge on any atom is 0.264 e. The second kappa shape index (κ2) is 6.83. The zero-order chi connectivity index (χ0) is 15.1. The van der Waals surface area contributed by atoms with Crippen molar-refractivity contribution in [1.29, 1.82) is 0 Å². The standard InChI is InChI=1S/C14H13N3O3S/c18-11-4-3-7-12-6-1-2-8-13(12)21(19,20)17-14-9-5-10-15-16-14/h1-2,5-6,8-10,18H,4,11H2,(H,16,17). The number of hydrogen-bond acceptors (Lipinski definition) is 5. The number of sulfonamides is 1. The number of aliphatic hydroxyl groups is 1. The highest BCUT2D eigenvalue weighted by molar-refractivity contribution is 7.92. The Kier molecular flexibility index (Phi) is 4.87. The Bertz CT molecular complexity index is 765. The number of nitrogens with one attached hydrogen (secondary N) is 1. The molecule has 0 aliphatic heterocycles. The number of benzene rings is 1. The molecule has 2 aromatic rings. The first-order valence-corrected chi connectivity index (χ1v) is 7.61. The van der Waals surface area contributed by atoms with Gasteiger partial charge >= 0.3 is 0 Å². The quantitative estimate of drug-likeness (QED) is 0.822. The number of nitrogens with zero attached hydrogens (tertiary/aromatic N) is 2. The summed E-state index contributed by atoms with van der Waals surface area (Å²) in [5.74, 6) is 5.58. The van der Waals surface area contributed by atoms with E-state index in [0.29, 0.717) is 5.56 Å². The summed E-state index contributed by atoms with van der Waals surface area (Å²) < 4.78 is 27.1. The van der Waals surface area contributed by atoms with Crippen LogP contribution in [0.1, 0.15) is 12.0 Å². The van der Waals surface area contributed by atoms with Crippen LogP contribution in [0.15, 0.2) is 47.5 Å². The summed E-state index contributed by atoms with van der Waals surface area (Å²) in [6.07, 6.45) is 1.73. The normalized spacial score (nSPS) is 10.5. The molecule has 108 valence electrons. The van der Waals surface area contributed by atoms with E-state index < -0.39 is 10.0 Å². The summed E-state index contributed by atoms with van der Waals surface area (Å²) in [7, 11) is -3.80. The SMILES string of the molecule is O=S(=O)(Nc1cccnn1)c1ccccc1C#CCCO. The van der Waals surface area contributed by atoms with Crippen molar-refractivity contribution < 1.29 is 13.5 Å². The van der Waals surface area contributed by atoms with Crippen molar-refractivity contribution in [2.45, 2.75) is 11.3 Å². The number of anilines is 1. The van der Waals surface area contributed by atoms with Crippen molar-refractivity contribution in [3.63, 3.8) is 0 Å². The molecule has 1 aromatic carbocycles. The van der Waals surface area contributed by atoms with E-state index in [0.717, 1.165) is 0 Å². The highest BCUT2D eigenvalue weighted by atomic mass is 32.2. The molecule has 0 radical (unpaired) electrons. The van der Waals surface area contributed by atoms with Gasteiger partial charge in [0.1, 0.15) is 4.90 Å². The van der Waals surface area contributed by atoms with Gasteiger partial charge in [0.15, 0.2) is 5.82 Å². The lowest BCUT2D eigenvalue weighted by Gasteiger charge is -2.08. The van der Waals surface area contributed by atoms with Gasteiger partial charge in [0.25, 0.3) is 10.0 Å². The van der Waals surface area contributed by atoms with E-state index in [1.165, 1.54) is 18.3 Å². The number of aromatic nitrogens is 2. The van der Waals surface area contributed by atoms with Gasteiger partial charge in [-0.25, -0.2) is 8.42 Å². The van der Waals surface area contributed by atoms with Crippen LogP contribution in [0.4, 0.5) is 5.82 Å². The molecule has 0 aliphatic rings. The first kappa shape index (κ1) is 15.0. The zero-order valence-corrected chi connectivity index (χ0v) is 11.8. The summed E-state index contributed by atoms with van der Waals surface area (Å²) in [5, 5.41) is 16.0. The molecule has 1 heterocycles. The van der Waals surface area contributed by atoms with Gasteiger partial charge in [-0.15, -0.1) is 5.10 Å². The summed E-state index contributed by atoms with van der Waals surface area (Å²) in [5.41, 5.74) is 0.363. The Labute approximate surface area is 122 Å². The largest absolute Gasteiger partial charge is 0.395 e. The van der Waals surface area contributed by atoms with Crippen LogP contribution in [-0.4, -0.2) is 30.3 Å². The first-order valence-electron chi connectivity index (χ1n) is 6.13. The maximum absolute atomic E-state index is 12.4. The minimum Gasteiger partial charge on any atom is -0.395 e. The van der Waals surface area contributed by atoms with E-state index in [9.17, 15) is 8.42 Å². The predicted molar refractivity (Wildman–Crippen MR) is 77.9 cm³/mol. The van der Waals surface area contributed by atoms with Crippen molar-refractivity contribution >= 4 is 15.8 Å². The fraction of sp³-hybridized carbons (Fsp3) is 0.143. The van der Waals surface area contributed by atoms with Crippen LogP contribution in [0, 0.1) is 11.8 Å². The minimum absolute atomic E-state index is 0.0566. The molecular formula is C14H13N3O3S. The third kappa shape index (κ3) is 4.02. The highest BCUT2D eigenvalue weighted by Crippen LogP contribution is 2.17. The zero-order valence-electron chi connectivity index (χ0n) is 11.0. The molecule has 0 fully saturated rings. The van der Waals surface area contributed by atoms with Gasteiger partial charge in [-0.3, -0.25) is 4.72 Å². The van der Waals surface area contributed by atoms with Gasteiger partial charge in [-0.2, -0.15) is 5.10 Å². The van der Waals surface area contributed by atoms with Crippen LogP contribution >= 0.6 is 0 Å². The molecule has 0 amide bonds. The molecule has 7 heteroatoms. The second-order valence-electron chi connectivity index (χ2n) is 3.99. The smallest absolute Gasteiger partial charge is 0.264 e. The van der Waals surface area contributed by atoms with Crippen molar-refractivity contribution in [3.8, 4) is 11.8 Å². The molecule has 0 atom stereocenters. The highest BCUT2D eigenvalue weighted by Gasteiger charge is 2.18. The number of hydrogen-bond donors (Lipinski definition) is 2. The monoisotopic (exact) mass is 303 g/mol. The van der Waals surface area contributed by atoms with Crippen molar-refractivity contribution in [2.24, 2.45) is 0 Å². The van der Waals surface area contributed by atoms with E-state index in [2.05, 4.69) is 26.8 Å². The van der Waals surface area contributed by atoms with Crippen molar-refractivity contribution in [1.82, 2.24) is 10.2 Å². The Balaban J connectivity index is 2.35. The average molecular weight is 303 g/mol. The van der Waals surface area contributed by atoms with Gasteiger partial charge in [-0.05, 0) is 24.3 Å². The number of rotatable bonds is 4. The third-order valence-corrected chi connectivity index (χ3v) is 3.86. The molecule has 21 heavy (non-hydrogen) atoms. The summed E-state index contributed by atoms with van der Waals surface area (Å²) in [6.45, 7) is -0.0697. The molecule has 2 rings (SSSR count). The van der Waals surface area contributed by atoms with Crippen LogP contribution in [0.2, 0.25) is 0 Å². The summed E-state index contributed by atoms with van der Waals surface area (Å²) in [6, 6.07) is 9.46. The van der Waals surface area contributed by atoms with Crippen LogP contribution < -0.4 is 4.72 Å². The second-order valence-corrected chi connectivity index (χ2v) is 5.64. The fourth-order valence-corrected chi connectivity index (χ4v) is 2.73. The molecule has 0 saturated carbocycles. The first-order chi connectivity index (χ1) is 10.1. The van der Waals surface area contributed by atoms with Gasteiger partial charge in [0, 0.05) is 18.2 Å². The van der Waals surface area contributed by atoms with Gasteiger partial charge in [-0.1, -0.05) is 24.0 Å². The Morgan fingerprint density at radius 3 is 2.71 bits per heavy atom. The fourth-order valence-electron chi connectivity index (χ4n) is 1.57. The van der Waals surface area contributed by atoms with E-state index in [1.807, 2.05) is 0 Å². The summed E-state index contributed by atoms with van der Waals surface area (Å²) >= 11 is 0. The third-order valence-electron chi connectivity index (χ3n) is 2.45. The van der Waals surface area contributed by atoms with E-state index in [4.69, 9.17) is 5.11 Å². The van der Waals surface area contributed by atoms with Crippen LogP contribution in [-0.2, 0) is 10.0 Å². The summed E-state index contributed by atoms with van der Waals surface area (Å²) in [4.78, 5) is 0.0566. The van der Waals surface area contributed by atoms with Gasteiger partial charge in [0.2, 0.25) is 0 Å². The molecule has 0 aliphatic carbocycles. The molecule has 0 bridgehead atoms. The molecule has 2 N–H and O–H groups in total. The molecule has 0 unspecified atom stereocenters. The van der Waals surface area contributed by atoms with E-state index >= 15 is 0 Å². The molecule has 1 aromatic heterocycles. The molecule has 0 saturated heterocycles. The lowest BCUT2D eigenvalue weighted by atomic mass is 10.2. The number of aliphatic hydroxyl groups excluding tert-OH is 1. The van der Waals surface area contributed by atoms with E-state index in [1.54, 1.807) is 24.3 Å². The van der Waals surface area contributed by atoms with Crippen molar-refractivity contribution in [2.75, 3.05) is 11.3 Å². The molecule has 0 spiro atoms. The van der Waals surface area contributed by atoms with Gasteiger partial charge in [0.05, 0.1) is 6.61 Å². The Hall–Kier alpha value is -2.43. The predicted octanol–water partition coefficient (Wildman–Crippen LogP) is 1.01. The van der Waals surface area contributed by atoms with Gasteiger partial charge < -0.3 is 5.11 Å². The minimum atomic E-state index is -3.80. The Morgan fingerprint density at radius 1 is 1.19 bits per heavy atom. The lowest BCUT2D eigenvalue weighted by molar-refractivity contribution is 0.305. The van der Waals surface area contributed by atoms with Crippen LogP contribution in [0.3, 0.4) is 0 Å². The molecule has 6 nitrogen and oxygen atoms in total. The van der Waals surface area contributed by atoms with Crippen LogP contribution in [0.25, 0.3) is 0 Å². The topological polar surface area (TPSA) is 92.2 Å². The van der Waals surface area contributed by atoms with Crippen LogP contribution in [0.5, 0.6) is 0 Å². The average Bonchev–Trinajstić information content (AvgIpc) is 2.48. The maximum atomic E-state index is 12.4. The lowest BCUT2D eigenvalue weighted by Crippen LogP contribution is -2.15. The van der Waals surface area contributed by atoms with Crippen molar-refractivity contribution in [3.05, 3.63) is 48.2 Å². The Morgan fingerprint density at radius 2 is 2.00 bits per heavy atom. The molecular weight excluding hydrogens is 290 g/mol. The van der Waals surface area contributed by atoms with E-state index in [-0.39, 0.29) is 23.7 Å².